The fourth-order valence-corrected chi connectivity index (χ4v) is 4.26. The highest BCUT2D eigenvalue weighted by Crippen LogP contribution is 2.34. The molecule has 2 aromatic rings. The molecule has 0 bridgehead atoms. The van der Waals surface area contributed by atoms with Crippen LogP contribution in [0.15, 0.2) is 47.4 Å². The molecule has 0 fully saturated rings. The van der Waals surface area contributed by atoms with E-state index in [0.717, 1.165) is 4.31 Å². The Bertz CT molecular complexity index is 954. The van der Waals surface area contributed by atoms with E-state index in [0.29, 0.717) is 35.3 Å². The molecule has 1 aliphatic heterocycles. The number of carbonyl (C=O) groups is 1. The third-order valence-corrected chi connectivity index (χ3v) is 6.61. The van der Waals surface area contributed by atoms with Crippen LogP contribution in [0, 0.1) is 6.92 Å². The van der Waals surface area contributed by atoms with Gasteiger partial charge in [-0.1, -0.05) is 24.3 Å². The van der Waals surface area contributed by atoms with E-state index in [9.17, 15) is 18.3 Å². The Morgan fingerprint density at radius 1 is 1.19 bits per heavy atom. The summed E-state index contributed by atoms with van der Waals surface area (Å²) in [6.07, 6.45) is -0.157. The minimum absolute atomic E-state index is 0.124. The van der Waals surface area contributed by atoms with E-state index < -0.39 is 16.1 Å². The lowest BCUT2D eigenvalue weighted by Crippen LogP contribution is -2.36. The third kappa shape index (κ3) is 3.13. The summed E-state index contributed by atoms with van der Waals surface area (Å²) >= 11 is 0. The number of anilines is 1. The highest BCUT2D eigenvalue weighted by Gasteiger charge is 2.29. The number of nitrogens with zero attached hydrogens (tertiary/aromatic N) is 2. The van der Waals surface area contributed by atoms with E-state index in [1.165, 1.54) is 20.2 Å². The standard InChI is InChI=1S/C19H22N2O4S/c1-13-8-9-14(12-18(13)26(24,25)20(2)3)19(23)21-11-10-17(22)15-6-4-5-7-16(15)21/h4-9,12,17,22H,10-11H2,1-3H3. The first kappa shape index (κ1) is 18.6. The van der Waals surface area contributed by atoms with Gasteiger partial charge in [0, 0.05) is 37.5 Å². The second kappa shape index (κ2) is 6.83. The normalized spacial score (nSPS) is 17.3. The number of aliphatic hydroxyl groups is 1. The number of amides is 1. The molecule has 138 valence electrons. The smallest absolute Gasteiger partial charge is 0.258 e. The molecule has 7 heteroatoms. The Morgan fingerprint density at radius 2 is 1.88 bits per heavy atom. The van der Waals surface area contributed by atoms with Crippen LogP contribution in [0.25, 0.3) is 0 Å². The van der Waals surface area contributed by atoms with Crippen LogP contribution in [0.4, 0.5) is 5.69 Å². The van der Waals surface area contributed by atoms with Crippen LogP contribution in [-0.2, 0) is 10.0 Å². The summed E-state index contributed by atoms with van der Waals surface area (Å²) in [5.41, 5.74) is 2.26. The lowest BCUT2D eigenvalue weighted by molar-refractivity contribution is 0.0970. The third-order valence-electron chi connectivity index (χ3n) is 4.65. The quantitative estimate of drug-likeness (QED) is 0.894. The van der Waals surface area contributed by atoms with Gasteiger partial charge in [-0.05, 0) is 37.1 Å². The highest BCUT2D eigenvalue weighted by molar-refractivity contribution is 7.89. The van der Waals surface area contributed by atoms with Crippen molar-refractivity contribution in [3.8, 4) is 0 Å². The minimum atomic E-state index is -3.64. The molecule has 1 heterocycles. The molecule has 0 aliphatic carbocycles. The molecule has 0 radical (unpaired) electrons. The minimum Gasteiger partial charge on any atom is -0.388 e. The summed E-state index contributed by atoms with van der Waals surface area (Å²) in [5.74, 6) is -0.278. The van der Waals surface area contributed by atoms with Gasteiger partial charge in [0.1, 0.15) is 0 Å². The van der Waals surface area contributed by atoms with Gasteiger partial charge in [-0.3, -0.25) is 4.79 Å². The van der Waals surface area contributed by atoms with Crippen LogP contribution < -0.4 is 4.90 Å². The van der Waals surface area contributed by atoms with Crippen molar-refractivity contribution in [1.82, 2.24) is 4.31 Å². The van der Waals surface area contributed by atoms with Crippen molar-refractivity contribution in [2.24, 2.45) is 0 Å². The zero-order valence-electron chi connectivity index (χ0n) is 15.0. The SMILES string of the molecule is Cc1ccc(C(=O)N2CCC(O)c3ccccc32)cc1S(=O)(=O)N(C)C. The van der Waals surface area contributed by atoms with Crippen molar-refractivity contribution in [2.75, 3.05) is 25.5 Å². The number of fused-ring (bicyclic) bond motifs is 1. The number of aryl methyl sites for hydroxylation is 1. The first-order valence-corrected chi connectivity index (χ1v) is 9.79. The van der Waals surface area contributed by atoms with E-state index in [4.69, 9.17) is 0 Å². The van der Waals surface area contributed by atoms with Gasteiger partial charge in [-0.2, -0.15) is 0 Å². The zero-order valence-corrected chi connectivity index (χ0v) is 15.8. The molecule has 1 unspecified atom stereocenters. The molecular weight excluding hydrogens is 352 g/mol. The van der Waals surface area contributed by atoms with E-state index in [1.54, 1.807) is 36.1 Å². The molecule has 1 aliphatic rings. The Morgan fingerprint density at radius 3 is 2.58 bits per heavy atom. The second-order valence-electron chi connectivity index (χ2n) is 6.59. The molecule has 0 aromatic heterocycles. The fraction of sp³-hybridized carbons (Fsp3) is 0.316. The van der Waals surface area contributed by atoms with Gasteiger partial charge in [0.15, 0.2) is 0 Å². The van der Waals surface area contributed by atoms with Crippen molar-refractivity contribution in [3.63, 3.8) is 0 Å². The van der Waals surface area contributed by atoms with Crippen LogP contribution in [0.5, 0.6) is 0 Å². The van der Waals surface area contributed by atoms with Crippen molar-refractivity contribution in [1.29, 1.82) is 0 Å². The topological polar surface area (TPSA) is 77.9 Å². The molecule has 1 N–H and O–H groups in total. The van der Waals surface area contributed by atoms with Crippen molar-refractivity contribution in [3.05, 3.63) is 59.2 Å². The monoisotopic (exact) mass is 374 g/mol. The number of sulfonamides is 1. The summed E-state index contributed by atoms with van der Waals surface area (Å²) in [6, 6.07) is 11.9. The van der Waals surface area contributed by atoms with Crippen LogP contribution in [0.3, 0.4) is 0 Å². The number of hydrogen-bond donors (Lipinski definition) is 1. The van der Waals surface area contributed by atoms with Gasteiger partial charge >= 0.3 is 0 Å². The van der Waals surface area contributed by atoms with Crippen molar-refractivity contribution >= 4 is 21.6 Å². The lowest BCUT2D eigenvalue weighted by Gasteiger charge is -2.32. The van der Waals surface area contributed by atoms with Crippen LogP contribution in [-0.4, -0.2) is 44.4 Å². The molecule has 26 heavy (non-hydrogen) atoms. The summed E-state index contributed by atoms with van der Waals surface area (Å²) < 4.78 is 26.2. The van der Waals surface area contributed by atoms with Gasteiger partial charge in [-0.25, -0.2) is 12.7 Å². The molecular formula is C19H22N2O4S. The number of rotatable bonds is 3. The maximum atomic E-state index is 13.1. The molecule has 0 saturated carbocycles. The molecule has 0 spiro atoms. The first-order chi connectivity index (χ1) is 12.2. The Kier molecular flexibility index (Phi) is 4.88. The Balaban J connectivity index is 2.04. The van der Waals surface area contributed by atoms with E-state index in [1.807, 2.05) is 12.1 Å². The summed E-state index contributed by atoms with van der Waals surface area (Å²) in [4.78, 5) is 14.8. The Hall–Kier alpha value is -2.22. The lowest BCUT2D eigenvalue weighted by atomic mass is 9.98. The summed E-state index contributed by atoms with van der Waals surface area (Å²) in [5, 5.41) is 10.2. The molecule has 3 rings (SSSR count). The van der Waals surface area contributed by atoms with E-state index in [2.05, 4.69) is 0 Å². The summed E-state index contributed by atoms with van der Waals surface area (Å²) in [7, 11) is -0.713. The van der Waals surface area contributed by atoms with Crippen LogP contribution in [0.2, 0.25) is 0 Å². The first-order valence-electron chi connectivity index (χ1n) is 8.35. The average Bonchev–Trinajstić information content (AvgIpc) is 2.62. The second-order valence-corrected chi connectivity index (χ2v) is 8.71. The van der Waals surface area contributed by atoms with Crippen molar-refractivity contribution in [2.45, 2.75) is 24.3 Å². The summed E-state index contributed by atoms with van der Waals surface area (Å²) in [6.45, 7) is 2.08. The van der Waals surface area contributed by atoms with Gasteiger partial charge < -0.3 is 10.0 Å². The number of hydrogen-bond acceptors (Lipinski definition) is 4. The van der Waals surface area contributed by atoms with Crippen molar-refractivity contribution < 1.29 is 18.3 Å². The van der Waals surface area contributed by atoms with Gasteiger partial charge in [0.05, 0.1) is 11.0 Å². The van der Waals surface area contributed by atoms with Crippen LogP contribution >= 0.6 is 0 Å². The number of para-hydroxylation sites is 1. The van der Waals surface area contributed by atoms with Gasteiger partial charge in [0.2, 0.25) is 10.0 Å². The molecule has 1 atom stereocenters. The zero-order chi connectivity index (χ0) is 19.1. The van der Waals surface area contributed by atoms with Gasteiger partial charge in [-0.15, -0.1) is 0 Å². The number of benzene rings is 2. The maximum absolute atomic E-state index is 13.1. The molecule has 2 aromatic carbocycles. The predicted octanol–water partition coefficient (Wildman–Crippen LogP) is 2.33. The van der Waals surface area contributed by atoms with E-state index >= 15 is 0 Å². The highest BCUT2D eigenvalue weighted by atomic mass is 32.2. The van der Waals surface area contributed by atoms with E-state index in [-0.39, 0.29) is 10.8 Å². The largest absolute Gasteiger partial charge is 0.388 e. The molecule has 6 nitrogen and oxygen atoms in total. The fourth-order valence-electron chi connectivity index (χ4n) is 3.12. The maximum Gasteiger partial charge on any atom is 0.258 e. The van der Waals surface area contributed by atoms with Crippen LogP contribution in [0.1, 0.15) is 34.0 Å². The van der Waals surface area contributed by atoms with Gasteiger partial charge in [0.25, 0.3) is 5.91 Å². The molecule has 0 saturated heterocycles. The Labute approximate surface area is 153 Å². The number of aliphatic hydroxyl groups excluding tert-OH is 1. The molecule has 1 amide bonds. The average molecular weight is 374 g/mol. The predicted molar refractivity (Wildman–Crippen MR) is 99.7 cm³/mol. The number of carbonyl (C=O) groups excluding carboxylic acids is 1.